The van der Waals surface area contributed by atoms with E-state index in [1.54, 1.807) is 18.2 Å². The molecule has 0 aliphatic rings. The zero-order valence-electron chi connectivity index (χ0n) is 10.9. The molecular formula is C15H13N3OS. The van der Waals surface area contributed by atoms with Crippen LogP contribution in [0, 0.1) is 6.92 Å². The van der Waals surface area contributed by atoms with E-state index >= 15 is 0 Å². The number of benzene rings is 2. The molecule has 0 atom stereocenters. The van der Waals surface area contributed by atoms with Gasteiger partial charge in [0.1, 0.15) is 0 Å². The molecule has 3 aromatic rings. The van der Waals surface area contributed by atoms with Crippen molar-refractivity contribution in [3.8, 4) is 0 Å². The second kappa shape index (κ2) is 4.94. The maximum absolute atomic E-state index is 12.1. The molecule has 100 valence electrons. The number of nitrogens with two attached hydrogens (primary N) is 1. The van der Waals surface area contributed by atoms with Gasteiger partial charge in [0, 0.05) is 11.3 Å². The topological polar surface area (TPSA) is 68.0 Å². The molecule has 4 nitrogen and oxygen atoms in total. The molecule has 0 saturated carbocycles. The minimum atomic E-state index is -0.156. The zero-order valence-corrected chi connectivity index (χ0v) is 11.7. The van der Waals surface area contributed by atoms with Gasteiger partial charge in [-0.05, 0) is 37.3 Å². The van der Waals surface area contributed by atoms with Gasteiger partial charge in [-0.25, -0.2) is 4.98 Å². The molecule has 5 heteroatoms. The number of anilines is 2. The summed E-state index contributed by atoms with van der Waals surface area (Å²) in [5, 5.41) is 3.39. The Morgan fingerprint density at radius 3 is 2.70 bits per heavy atom. The lowest BCUT2D eigenvalue weighted by Crippen LogP contribution is -2.11. The molecule has 0 saturated heterocycles. The lowest BCUT2D eigenvalue weighted by Gasteiger charge is -2.01. The van der Waals surface area contributed by atoms with Crippen molar-refractivity contribution in [2.24, 2.45) is 0 Å². The summed E-state index contributed by atoms with van der Waals surface area (Å²) >= 11 is 1.43. The maximum atomic E-state index is 12.1. The van der Waals surface area contributed by atoms with Crippen LogP contribution >= 0.6 is 11.3 Å². The Morgan fingerprint density at radius 2 is 1.95 bits per heavy atom. The minimum Gasteiger partial charge on any atom is -0.399 e. The number of rotatable bonds is 2. The van der Waals surface area contributed by atoms with Crippen molar-refractivity contribution in [1.29, 1.82) is 0 Å². The number of aromatic nitrogens is 1. The Balaban J connectivity index is 1.85. The van der Waals surface area contributed by atoms with E-state index in [4.69, 9.17) is 5.73 Å². The van der Waals surface area contributed by atoms with Gasteiger partial charge < -0.3 is 5.73 Å². The van der Waals surface area contributed by atoms with Crippen LogP contribution in [0.15, 0.2) is 42.5 Å². The molecule has 0 unspecified atom stereocenters. The number of nitrogen functional groups attached to an aromatic ring is 1. The largest absolute Gasteiger partial charge is 0.399 e. The van der Waals surface area contributed by atoms with Crippen molar-refractivity contribution in [1.82, 2.24) is 4.98 Å². The normalized spacial score (nSPS) is 10.7. The average molecular weight is 283 g/mol. The van der Waals surface area contributed by atoms with Crippen LogP contribution in [0.1, 0.15) is 15.9 Å². The van der Waals surface area contributed by atoms with Crippen LogP contribution < -0.4 is 11.1 Å². The molecule has 1 aromatic heterocycles. The summed E-state index contributed by atoms with van der Waals surface area (Å²) < 4.78 is 0.999. The number of aryl methyl sites for hydroxylation is 1. The number of thiazole rings is 1. The lowest BCUT2D eigenvalue weighted by molar-refractivity contribution is 0.102. The second-order valence-electron chi connectivity index (χ2n) is 4.57. The Hall–Kier alpha value is -2.40. The van der Waals surface area contributed by atoms with E-state index in [9.17, 15) is 4.79 Å². The van der Waals surface area contributed by atoms with Crippen molar-refractivity contribution in [3.05, 3.63) is 53.6 Å². The van der Waals surface area contributed by atoms with E-state index in [0.717, 1.165) is 15.8 Å². The highest BCUT2D eigenvalue weighted by molar-refractivity contribution is 7.22. The number of carbonyl (C=O) groups is 1. The molecule has 0 radical (unpaired) electrons. The van der Waals surface area contributed by atoms with E-state index < -0.39 is 0 Å². The summed E-state index contributed by atoms with van der Waals surface area (Å²) in [4.78, 5) is 16.5. The van der Waals surface area contributed by atoms with Gasteiger partial charge in [0.05, 0.1) is 10.2 Å². The van der Waals surface area contributed by atoms with Gasteiger partial charge in [-0.3, -0.25) is 10.1 Å². The van der Waals surface area contributed by atoms with Crippen LogP contribution in [0.4, 0.5) is 10.8 Å². The number of fused-ring (bicyclic) bond motifs is 1. The Labute approximate surface area is 120 Å². The van der Waals surface area contributed by atoms with Gasteiger partial charge in [0.15, 0.2) is 5.13 Å². The highest BCUT2D eigenvalue weighted by atomic mass is 32.1. The third kappa shape index (κ3) is 2.48. The second-order valence-corrected chi connectivity index (χ2v) is 5.60. The molecule has 1 amide bonds. The molecule has 0 spiro atoms. The summed E-state index contributed by atoms with van der Waals surface area (Å²) in [6.45, 7) is 1.99. The van der Waals surface area contributed by atoms with Gasteiger partial charge in [-0.1, -0.05) is 29.0 Å². The summed E-state index contributed by atoms with van der Waals surface area (Å²) in [6, 6.07) is 13.0. The predicted molar refractivity (Wildman–Crippen MR) is 83.2 cm³/mol. The van der Waals surface area contributed by atoms with Gasteiger partial charge >= 0.3 is 0 Å². The molecule has 20 heavy (non-hydrogen) atoms. The molecule has 0 bridgehead atoms. The van der Waals surface area contributed by atoms with E-state index in [1.165, 1.54) is 11.3 Å². The van der Waals surface area contributed by atoms with E-state index in [2.05, 4.69) is 10.3 Å². The monoisotopic (exact) mass is 283 g/mol. The van der Waals surface area contributed by atoms with Gasteiger partial charge in [0.2, 0.25) is 0 Å². The number of carbonyl (C=O) groups excluding carboxylic acids is 1. The van der Waals surface area contributed by atoms with Crippen LogP contribution in [0.2, 0.25) is 0 Å². The van der Waals surface area contributed by atoms with Gasteiger partial charge in [0.25, 0.3) is 5.91 Å². The first-order chi connectivity index (χ1) is 9.61. The molecule has 0 aliphatic heterocycles. The first-order valence-corrected chi connectivity index (χ1v) is 6.97. The number of nitrogens with one attached hydrogen (secondary N) is 1. The van der Waals surface area contributed by atoms with Crippen molar-refractivity contribution < 1.29 is 4.79 Å². The fourth-order valence-corrected chi connectivity index (χ4v) is 2.71. The molecule has 3 N–H and O–H groups in total. The quantitative estimate of drug-likeness (QED) is 0.708. The Bertz CT molecular complexity index is 777. The first-order valence-electron chi connectivity index (χ1n) is 6.16. The van der Waals surface area contributed by atoms with Crippen LogP contribution in [-0.4, -0.2) is 10.9 Å². The molecule has 3 rings (SSSR count). The summed E-state index contributed by atoms with van der Waals surface area (Å²) in [6.07, 6.45) is 0. The van der Waals surface area contributed by atoms with Crippen molar-refractivity contribution in [2.75, 3.05) is 11.1 Å². The van der Waals surface area contributed by atoms with Crippen molar-refractivity contribution in [2.45, 2.75) is 6.92 Å². The minimum absolute atomic E-state index is 0.156. The maximum Gasteiger partial charge on any atom is 0.257 e. The lowest BCUT2D eigenvalue weighted by atomic mass is 10.1. The summed E-state index contributed by atoms with van der Waals surface area (Å²) in [5.41, 5.74) is 8.93. The third-order valence-corrected chi connectivity index (χ3v) is 3.90. The SMILES string of the molecule is Cc1ccc(C(=O)Nc2nc3cc(N)ccc3s2)cc1. The van der Waals surface area contributed by atoms with Gasteiger partial charge in [-0.15, -0.1) is 0 Å². The van der Waals surface area contributed by atoms with E-state index in [0.29, 0.717) is 16.4 Å². The van der Waals surface area contributed by atoms with Crippen molar-refractivity contribution in [3.63, 3.8) is 0 Å². The van der Waals surface area contributed by atoms with E-state index in [1.807, 2.05) is 31.2 Å². The Morgan fingerprint density at radius 1 is 1.20 bits per heavy atom. The Kier molecular flexibility index (Phi) is 3.12. The third-order valence-electron chi connectivity index (χ3n) is 2.95. The summed E-state index contributed by atoms with van der Waals surface area (Å²) in [7, 11) is 0. The van der Waals surface area contributed by atoms with Crippen LogP contribution in [-0.2, 0) is 0 Å². The highest BCUT2D eigenvalue weighted by Gasteiger charge is 2.09. The summed E-state index contributed by atoms with van der Waals surface area (Å²) in [5.74, 6) is -0.156. The van der Waals surface area contributed by atoms with Gasteiger partial charge in [-0.2, -0.15) is 0 Å². The zero-order chi connectivity index (χ0) is 14.1. The smallest absolute Gasteiger partial charge is 0.257 e. The fourth-order valence-electron chi connectivity index (χ4n) is 1.87. The molecule has 0 fully saturated rings. The van der Waals surface area contributed by atoms with Crippen LogP contribution in [0.5, 0.6) is 0 Å². The molecular weight excluding hydrogens is 270 g/mol. The molecule has 0 aliphatic carbocycles. The van der Waals surface area contributed by atoms with Crippen LogP contribution in [0.3, 0.4) is 0 Å². The average Bonchev–Trinajstić information content (AvgIpc) is 2.80. The highest BCUT2D eigenvalue weighted by Crippen LogP contribution is 2.27. The number of amides is 1. The number of hydrogen-bond acceptors (Lipinski definition) is 4. The standard InChI is InChI=1S/C15H13N3OS/c1-9-2-4-10(5-3-9)14(19)18-15-17-12-8-11(16)6-7-13(12)20-15/h2-8H,16H2,1H3,(H,17,18,19). The fraction of sp³-hybridized carbons (Fsp3) is 0.0667. The van der Waals surface area contributed by atoms with E-state index in [-0.39, 0.29) is 5.91 Å². The van der Waals surface area contributed by atoms with Crippen LogP contribution in [0.25, 0.3) is 10.2 Å². The first kappa shape index (κ1) is 12.6. The number of hydrogen-bond donors (Lipinski definition) is 2. The van der Waals surface area contributed by atoms with Crippen molar-refractivity contribution >= 4 is 38.3 Å². The predicted octanol–water partition coefficient (Wildman–Crippen LogP) is 3.44. The molecule has 1 heterocycles. The number of nitrogens with zero attached hydrogens (tertiary/aromatic N) is 1. The molecule has 2 aromatic carbocycles.